The van der Waals surface area contributed by atoms with E-state index in [1.54, 1.807) is 0 Å². The molecule has 0 saturated carbocycles. The minimum atomic E-state index is 0.789. The van der Waals surface area contributed by atoms with Gasteiger partial charge in [-0.25, -0.2) is 0 Å². The molecule has 0 radical (unpaired) electrons. The minimum Gasteiger partial charge on any atom is -0.314 e. The Morgan fingerprint density at radius 3 is 1.70 bits per heavy atom. The Hall–Kier alpha value is -0.0400. The second-order valence-corrected chi connectivity index (χ2v) is 6.41. The maximum atomic E-state index is 3.80. The van der Waals surface area contributed by atoms with E-state index in [1.807, 2.05) is 0 Å². The van der Waals surface area contributed by atoms with Gasteiger partial charge in [-0.15, -0.1) is 0 Å². The van der Waals surface area contributed by atoms with Crippen LogP contribution in [0.15, 0.2) is 0 Å². The highest BCUT2D eigenvalue weighted by molar-refractivity contribution is 4.66. The van der Waals surface area contributed by atoms with Gasteiger partial charge in [-0.05, 0) is 25.8 Å². The molecule has 0 bridgehead atoms. The molecule has 1 unspecified atom stereocenters. The molecule has 0 rings (SSSR count). The number of nitrogens with one attached hydrogen (secondary N) is 1. The summed E-state index contributed by atoms with van der Waals surface area (Å²) in [7, 11) is 0. The van der Waals surface area contributed by atoms with Crippen molar-refractivity contribution in [2.45, 2.75) is 117 Å². The van der Waals surface area contributed by atoms with Gasteiger partial charge < -0.3 is 5.32 Å². The fraction of sp³-hybridized carbons (Fsp3) is 1.00. The fourth-order valence-electron chi connectivity index (χ4n) is 2.90. The zero-order valence-corrected chi connectivity index (χ0v) is 14.7. The smallest absolute Gasteiger partial charge is 0.00669 e. The Kier molecular flexibility index (Phi) is 17.0. The van der Waals surface area contributed by atoms with Gasteiger partial charge in [-0.3, -0.25) is 0 Å². The normalized spacial score (nSPS) is 12.8. The van der Waals surface area contributed by atoms with Crippen molar-refractivity contribution in [1.82, 2.24) is 5.32 Å². The number of hydrogen-bond acceptors (Lipinski definition) is 1. The van der Waals surface area contributed by atoms with Crippen LogP contribution in [0.5, 0.6) is 0 Å². The molecule has 0 aromatic carbocycles. The first kappa shape index (κ1) is 20.0. The van der Waals surface area contributed by atoms with Gasteiger partial charge in [-0.2, -0.15) is 0 Å². The average Bonchev–Trinajstić information content (AvgIpc) is 2.46. The van der Waals surface area contributed by atoms with E-state index in [9.17, 15) is 0 Å². The van der Waals surface area contributed by atoms with Crippen molar-refractivity contribution < 1.29 is 0 Å². The third-order valence-corrected chi connectivity index (χ3v) is 4.26. The molecular weight excluding hydrogens is 242 g/mol. The molecule has 1 nitrogen and oxygen atoms in total. The highest BCUT2D eigenvalue weighted by Gasteiger charge is 2.06. The molecular formula is C19H41N. The average molecular weight is 284 g/mol. The highest BCUT2D eigenvalue weighted by Crippen LogP contribution is 2.11. The van der Waals surface area contributed by atoms with Gasteiger partial charge >= 0.3 is 0 Å². The van der Waals surface area contributed by atoms with E-state index in [0.29, 0.717) is 0 Å². The lowest BCUT2D eigenvalue weighted by molar-refractivity contribution is 0.419. The molecule has 0 aromatic rings. The van der Waals surface area contributed by atoms with E-state index in [2.05, 4.69) is 26.1 Å². The second-order valence-electron chi connectivity index (χ2n) is 6.41. The summed E-state index contributed by atoms with van der Waals surface area (Å²) in [5.74, 6) is 0. The highest BCUT2D eigenvalue weighted by atomic mass is 14.9. The molecule has 0 amide bonds. The molecule has 20 heavy (non-hydrogen) atoms. The standard InChI is InChI=1S/C19H41N/c1-4-7-9-11-13-15-18-20-19(16-6-3)17-14-12-10-8-5-2/h19-20H,4-18H2,1-3H3. The maximum Gasteiger partial charge on any atom is 0.00669 e. The maximum absolute atomic E-state index is 3.80. The Bertz CT molecular complexity index is 167. The van der Waals surface area contributed by atoms with E-state index in [0.717, 1.165) is 6.04 Å². The van der Waals surface area contributed by atoms with Crippen LogP contribution < -0.4 is 5.32 Å². The molecule has 0 heterocycles. The van der Waals surface area contributed by atoms with E-state index in [-0.39, 0.29) is 0 Å². The molecule has 0 aliphatic rings. The van der Waals surface area contributed by atoms with Crippen molar-refractivity contribution in [3.8, 4) is 0 Å². The second kappa shape index (κ2) is 17.0. The van der Waals surface area contributed by atoms with E-state index in [1.165, 1.54) is 96.4 Å². The van der Waals surface area contributed by atoms with E-state index in [4.69, 9.17) is 0 Å². The minimum absolute atomic E-state index is 0.789. The molecule has 1 N–H and O–H groups in total. The summed E-state index contributed by atoms with van der Waals surface area (Å²) >= 11 is 0. The third kappa shape index (κ3) is 14.4. The zero-order valence-electron chi connectivity index (χ0n) is 14.7. The van der Waals surface area contributed by atoms with Crippen LogP contribution in [0.25, 0.3) is 0 Å². The Balaban J connectivity index is 3.44. The first-order valence-corrected chi connectivity index (χ1v) is 9.58. The summed E-state index contributed by atoms with van der Waals surface area (Å²) < 4.78 is 0. The summed E-state index contributed by atoms with van der Waals surface area (Å²) in [6.45, 7) is 8.14. The van der Waals surface area contributed by atoms with Crippen LogP contribution in [0.3, 0.4) is 0 Å². The van der Waals surface area contributed by atoms with Crippen molar-refractivity contribution in [3.05, 3.63) is 0 Å². The van der Waals surface area contributed by atoms with Crippen molar-refractivity contribution in [1.29, 1.82) is 0 Å². The van der Waals surface area contributed by atoms with Crippen LogP contribution in [0.2, 0.25) is 0 Å². The fourth-order valence-corrected chi connectivity index (χ4v) is 2.90. The summed E-state index contributed by atoms with van der Waals surface area (Å²) in [6, 6.07) is 0.789. The van der Waals surface area contributed by atoms with Gasteiger partial charge in [0.15, 0.2) is 0 Å². The van der Waals surface area contributed by atoms with Crippen molar-refractivity contribution >= 4 is 0 Å². The molecule has 1 atom stereocenters. The van der Waals surface area contributed by atoms with Crippen molar-refractivity contribution in [2.75, 3.05) is 6.54 Å². The first-order chi connectivity index (χ1) is 9.85. The molecule has 122 valence electrons. The monoisotopic (exact) mass is 283 g/mol. The van der Waals surface area contributed by atoms with Crippen LogP contribution in [0.1, 0.15) is 111 Å². The first-order valence-electron chi connectivity index (χ1n) is 9.58. The summed E-state index contributed by atoms with van der Waals surface area (Å²) in [4.78, 5) is 0. The molecule has 0 aliphatic heterocycles. The number of unbranched alkanes of at least 4 members (excludes halogenated alkanes) is 9. The van der Waals surface area contributed by atoms with Gasteiger partial charge in [0.2, 0.25) is 0 Å². The summed E-state index contributed by atoms with van der Waals surface area (Å²) in [5.41, 5.74) is 0. The SMILES string of the molecule is CCCCCCCCNC(CCC)CCCCCCC. The molecule has 0 saturated heterocycles. The summed E-state index contributed by atoms with van der Waals surface area (Å²) in [5, 5.41) is 3.80. The van der Waals surface area contributed by atoms with Crippen LogP contribution >= 0.6 is 0 Å². The van der Waals surface area contributed by atoms with Crippen LogP contribution in [0, 0.1) is 0 Å². The Morgan fingerprint density at radius 2 is 1.10 bits per heavy atom. The number of rotatable bonds is 16. The molecule has 1 heteroatoms. The number of hydrogen-bond donors (Lipinski definition) is 1. The molecule has 0 fully saturated rings. The van der Waals surface area contributed by atoms with Gasteiger partial charge in [0.25, 0.3) is 0 Å². The van der Waals surface area contributed by atoms with Crippen LogP contribution in [0.4, 0.5) is 0 Å². The third-order valence-electron chi connectivity index (χ3n) is 4.26. The van der Waals surface area contributed by atoms with E-state index >= 15 is 0 Å². The van der Waals surface area contributed by atoms with Gasteiger partial charge in [0.05, 0.1) is 0 Å². The molecule has 0 aromatic heterocycles. The van der Waals surface area contributed by atoms with Crippen molar-refractivity contribution in [2.24, 2.45) is 0 Å². The van der Waals surface area contributed by atoms with Gasteiger partial charge in [-0.1, -0.05) is 91.4 Å². The Morgan fingerprint density at radius 1 is 0.550 bits per heavy atom. The summed E-state index contributed by atoms with van der Waals surface area (Å²) in [6.07, 6.45) is 19.6. The lowest BCUT2D eigenvalue weighted by Gasteiger charge is -2.18. The van der Waals surface area contributed by atoms with Crippen molar-refractivity contribution in [3.63, 3.8) is 0 Å². The van der Waals surface area contributed by atoms with Crippen LogP contribution in [-0.2, 0) is 0 Å². The zero-order chi connectivity index (χ0) is 14.9. The molecule has 0 spiro atoms. The predicted molar refractivity (Wildman–Crippen MR) is 93.5 cm³/mol. The van der Waals surface area contributed by atoms with Gasteiger partial charge in [0, 0.05) is 6.04 Å². The lowest BCUT2D eigenvalue weighted by atomic mass is 10.0. The van der Waals surface area contributed by atoms with E-state index < -0.39 is 0 Å². The lowest BCUT2D eigenvalue weighted by Crippen LogP contribution is -2.29. The largest absolute Gasteiger partial charge is 0.314 e. The van der Waals surface area contributed by atoms with Gasteiger partial charge in [0.1, 0.15) is 0 Å². The molecule has 0 aliphatic carbocycles. The topological polar surface area (TPSA) is 12.0 Å². The quantitative estimate of drug-likeness (QED) is 0.320. The predicted octanol–water partition coefficient (Wildman–Crippen LogP) is 6.47. The van der Waals surface area contributed by atoms with Crippen LogP contribution in [-0.4, -0.2) is 12.6 Å². The Labute approximate surface area is 129 Å².